The minimum absolute atomic E-state index is 0.0591. The number of sulfonamides is 1. The Balaban J connectivity index is 1.91. The first-order chi connectivity index (χ1) is 9.94. The lowest BCUT2D eigenvalue weighted by molar-refractivity contribution is 0.129. The van der Waals surface area contributed by atoms with Crippen LogP contribution < -0.4 is 0 Å². The molecule has 0 aliphatic carbocycles. The topological polar surface area (TPSA) is 49.9 Å². The molecule has 2 rings (SSSR count). The molecule has 2 heterocycles. The molecule has 0 N–H and O–H groups in total. The molecule has 7 heteroatoms. The van der Waals surface area contributed by atoms with E-state index < -0.39 is 10.0 Å². The number of piperazine rings is 1. The second kappa shape index (κ2) is 7.19. The van der Waals surface area contributed by atoms with Crippen molar-refractivity contribution in [2.45, 2.75) is 26.0 Å². The van der Waals surface area contributed by atoms with Gasteiger partial charge in [0.25, 0.3) is 0 Å². The zero-order valence-electron chi connectivity index (χ0n) is 12.9. The lowest BCUT2D eigenvalue weighted by Gasteiger charge is -2.37. The average molecular weight is 332 g/mol. The fourth-order valence-electron chi connectivity index (χ4n) is 2.56. The van der Waals surface area contributed by atoms with Crippen LogP contribution in [0.25, 0.3) is 0 Å². The minimum Gasteiger partial charge on any atom is -0.381 e. The summed E-state index contributed by atoms with van der Waals surface area (Å²) in [6.07, 6.45) is -0.266. The summed E-state index contributed by atoms with van der Waals surface area (Å²) < 4.78 is 31.2. The van der Waals surface area contributed by atoms with Crippen LogP contribution in [-0.2, 0) is 14.8 Å². The standard InChI is InChI=1S/C14H24N2O3S2/c1-12(19-3)11-21(17,18)16-7-5-15(6-8-16)13(2)14-4-9-20-10-14/h4,9-10,12-13H,5-8,11H2,1-3H3/t12-,13+/m1/s1. The van der Waals surface area contributed by atoms with E-state index >= 15 is 0 Å². The van der Waals surface area contributed by atoms with E-state index in [1.807, 2.05) is 0 Å². The number of hydrogen-bond donors (Lipinski definition) is 0. The molecule has 0 aromatic carbocycles. The van der Waals surface area contributed by atoms with E-state index in [0.29, 0.717) is 19.1 Å². The smallest absolute Gasteiger partial charge is 0.216 e. The van der Waals surface area contributed by atoms with Gasteiger partial charge in [-0.05, 0) is 36.2 Å². The number of methoxy groups -OCH3 is 1. The highest BCUT2D eigenvalue weighted by Gasteiger charge is 2.30. The molecule has 0 saturated carbocycles. The molecule has 21 heavy (non-hydrogen) atoms. The molecule has 1 saturated heterocycles. The Bertz CT molecular complexity index is 522. The predicted molar refractivity (Wildman–Crippen MR) is 86.1 cm³/mol. The van der Waals surface area contributed by atoms with E-state index in [1.54, 1.807) is 29.7 Å². The maximum absolute atomic E-state index is 12.3. The third kappa shape index (κ3) is 4.26. The zero-order chi connectivity index (χ0) is 15.5. The van der Waals surface area contributed by atoms with Crippen LogP contribution in [0.5, 0.6) is 0 Å². The summed E-state index contributed by atoms with van der Waals surface area (Å²) in [5.41, 5.74) is 1.31. The Morgan fingerprint density at radius 3 is 2.48 bits per heavy atom. The summed E-state index contributed by atoms with van der Waals surface area (Å²) in [5, 5.41) is 4.24. The van der Waals surface area contributed by atoms with Gasteiger partial charge in [-0.15, -0.1) is 0 Å². The quantitative estimate of drug-likeness (QED) is 0.797. The van der Waals surface area contributed by atoms with Crippen LogP contribution in [0.2, 0.25) is 0 Å². The lowest BCUT2D eigenvalue weighted by Crippen LogP contribution is -2.50. The third-order valence-electron chi connectivity index (χ3n) is 4.09. The predicted octanol–water partition coefficient (Wildman–Crippen LogP) is 1.79. The maximum atomic E-state index is 12.3. The van der Waals surface area contributed by atoms with E-state index in [2.05, 4.69) is 28.7 Å². The Labute approximate surface area is 131 Å². The molecule has 0 bridgehead atoms. The molecular formula is C14H24N2O3S2. The van der Waals surface area contributed by atoms with Crippen LogP contribution in [-0.4, -0.2) is 62.8 Å². The van der Waals surface area contributed by atoms with Gasteiger partial charge in [0.1, 0.15) is 0 Å². The van der Waals surface area contributed by atoms with Crippen molar-refractivity contribution in [2.75, 3.05) is 39.0 Å². The van der Waals surface area contributed by atoms with Gasteiger partial charge >= 0.3 is 0 Å². The Hall–Kier alpha value is -0.470. The van der Waals surface area contributed by atoms with Crippen molar-refractivity contribution in [2.24, 2.45) is 0 Å². The van der Waals surface area contributed by atoms with Crippen molar-refractivity contribution in [1.29, 1.82) is 0 Å². The molecule has 0 radical (unpaired) electrons. The molecule has 1 aromatic rings. The van der Waals surface area contributed by atoms with Crippen LogP contribution in [0.15, 0.2) is 16.8 Å². The van der Waals surface area contributed by atoms with E-state index in [0.717, 1.165) is 13.1 Å². The first-order valence-corrected chi connectivity index (χ1v) is 9.76. The summed E-state index contributed by atoms with van der Waals surface area (Å²) in [6, 6.07) is 2.48. The molecule has 1 fully saturated rings. The fraction of sp³-hybridized carbons (Fsp3) is 0.714. The van der Waals surface area contributed by atoms with Crippen LogP contribution in [0.4, 0.5) is 0 Å². The van der Waals surface area contributed by atoms with E-state index in [9.17, 15) is 8.42 Å². The lowest BCUT2D eigenvalue weighted by atomic mass is 10.1. The summed E-state index contributed by atoms with van der Waals surface area (Å²) in [7, 11) is -1.67. The average Bonchev–Trinajstić information content (AvgIpc) is 3.00. The molecule has 0 unspecified atom stereocenters. The molecule has 120 valence electrons. The van der Waals surface area contributed by atoms with Gasteiger partial charge < -0.3 is 4.74 Å². The molecule has 0 spiro atoms. The van der Waals surface area contributed by atoms with Crippen LogP contribution in [0.3, 0.4) is 0 Å². The van der Waals surface area contributed by atoms with Gasteiger partial charge in [0.05, 0.1) is 11.9 Å². The minimum atomic E-state index is -3.21. The molecule has 1 aromatic heterocycles. The first kappa shape index (κ1) is 16.9. The van der Waals surface area contributed by atoms with Crippen molar-refractivity contribution in [3.05, 3.63) is 22.4 Å². The van der Waals surface area contributed by atoms with Gasteiger partial charge in [-0.3, -0.25) is 4.90 Å². The van der Waals surface area contributed by atoms with Gasteiger partial charge in [0.15, 0.2) is 0 Å². The SMILES string of the molecule is CO[C@H](C)CS(=O)(=O)N1CCN([C@@H](C)c2ccsc2)CC1. The fourth-order valence-corrected chi connectivity index (χ4v) is 4.97. The monoisotopic (exact) mass is 332 g/mol. The second-order valence-corrected chi connectivity index (χ2v) is 8.29. The molecule has 0 amide bonds. The van der Waals surface area contributed by atoms with Crippen molar-refractivity contribution in [1.82, 2.24) is 9.21 Å². The van der Waals surface area contributed by atoms with Gasteiger partial charge in [0, 0.05) is 39.3 Å². The third-order valence-corrected chi connectivity index (χ3v) is 6.83. The zero-order valence-corrected chi connectivity index (χ0v) is 14.5. The Kier molecular flexibility index (Phi) is 5.79. The number of rotatable bonds is 6. The van der Waals surface area contributed by atoms with Crippen LogP contribution in [0.1, 0.15) is 25.5 Å². The van der Waals surface area contributed by atoms with E-state index in [1.165, 1.54) is 5.56 Å². The van der Waals surface area contributed by atoms with Gasteiger partial charge in [0.2, 0.25) is 10.0 Å². The van der Waals surface area contributed by atoms with Crippen molar-refractivity contribution < 1.29 is 13.2 Å². The van der Waals surface area contributed by atoms with Crippen LogP contribution in [0, 0.1) is 0 Å². The Morgan fingerprint density at radius 1 is 1.29 bits per heavy atom. The van der Waals surface area contributed by atoms with Gasteiger partial charge in [-0.2, -0.15) is 15.6 Å². The number of thiophene rings is 1. The van der Waals surface area contributed by atoms with Gasteiger partial charge in [-0.1, -0.05) is 0 Å². The number of ether oxygens (including phenoxy) is 1. The van der Waals surface area contributed by atoms with Crippen LogP contribution >= 0.6 is 11.3 Å². The van der Waals surface area contributed by atoms with Gasteiger partial charge in [-0.25, -0.2) is 8.42 Å². The highest BCUT2D eigenvalue weighted by Crippen LogP contribution is 2.24. The highest BCUT2D eigenvalue weighted by atomic mass is 32.2. The van der Waals surface area contributed by atoms with Crippen molar-refractivity contribution >= 4 is 21.4 Å². The number of hydrogen-bond acceptors (Lipinski definition) is 5. The first-order valence-electron chi connectivity index (χ1n) is 7.21. The highest BCUT2D eigenvalue weighted by molar-refractivity contribution is 7.89. The molecule has 1 aliphatic heterocycles. The molecular weight excluding hydrogens is 308 g/mol. The normalized spacial score (nSPS) is 21.3. The molecule has 2 atom stereocenters. The van der Waals surface area contributed by atoms with Crippen molar-refractivity contribution in [3.8, 4) is 0 Å². The molecule has 5 nitrogen and oxygen atoms in total. The largest absolute Gasteiger partial charge is 0.381 e. The summed E-state index contributed by atoms with van der Waals surface area (Å²) in [5.74, 6) is 0.0591. The number of nitrogens with zero attached hydrogens (tertiary/aromatic N) is 2. The second-order valence-electron chi connectivity index (χ2n) is 5.49. The Morgan fingerprint density at radius 2 is 1.95 bits per heavy atom. The molecule has 1 aliphatic rings. The van der Waals surface area contributed by atoms with E-state index in [-0.39, 0.29) is 11.9 Å². The summed E-state index contributed by atoms with van der Waals surface area (Å²) >= 11 is 1.70. The summed E-state index contributed by atoms with van der Waals surface area (Å²) in [6.45, 7) is 6.64. The van der Waals surface area contributed by atoms with E-state index in [4.69, 9.17) is 4.74 Å². The van der Waals surface area contributed by atoms with Crippen molar-refractivity contribution in [3.63, 3.8) is 0 Å². The summed E-state index contributed by atoms with van der Waals surface area (Å²) in [4.78, 5) is 2.34. The maximum Gasteiger partial charge on any atom is 0.216 e.